The van der Waals surface area contributed by atoms with E-state index >= 15 is 0 Å². The summed E-state index contributed by atoms with van der Waals surface area (Å²) in [5.41, 5.74) is 6.17. The summed E-state index contributed by atoms with van der Waals surface area (Å²) in [5, 5.41) is 11.3. The summed E-state index contributed by atoms with van der Waals surface area (Å²) in [5.74, 6) is -1.65. The third kappa shape index (κ3) is 2.83. The van der Waals surface area contributed by atoms with Crippen molar-refractivity contribution in [1.29, 1.82) is 0 Å². The molecule has 2 aromatic heterocycles. The lowest BCUT2D eigenvalue weighted by molar-refractivity contribution is 0.0696. The standard InChI is InChI=1S/C12H10N4O3/c13-9-2-1-3-15-10(9)11(17)16-8-4-7(12(18)19)5-14-6-8/h1-6H,13H2,(H,16,17)(H,18,19). The van der Waals surface area contributed by atoms with E-state index in [1.54, 1.807) is 12.1 Å². The number of carboxylic acids is 1. The SMILES string of the molecule is Nc1cccnc1C(=O)Nc1cncc(C(=O)O)c1. The van der Waals surface area contributed by atoms with Crippen LogP contribution < -0.4 is 11.1 Å². The van der Waals surface area contributed by atoms with Gasteiger partial charge in [0.15, 0.2) is 5.69 Å². The van der Waals surface area contributed by atoms with E-state index in [0.29, 0.717) is 0 Å². The molecule has 0 fully saturated rings. The first kappa shape index (κ1) is 12.5. The number of nitrogens with zero attached hydrogens (tertiary/aromatic N) is 2. The lowest BCUT2D eigenvalue weighted by Gasteiger charge is -2.06. The van der Waals surface area contributed by atoms with Crippen molar-refractivity contribution in [2.24, 2.45) is 0 Å². The Kier molecular flexibility index (Phi) is 3.37. The van der Waals surface area contributed by atoms with Crippen LogP contribution in [0.3, 0.4) is 0 Å². The number of nitrogen functional groups attached to an aromatic ring is 1. The molecule has 0 radical (unpaired) electrons. The van der Waals surface area contributed by atoms with Crippen LogP contribution in [0.25, 0.3) is 0 Å². The number of pyridine rings is 2. The van der Waals surface area contributed by atoms with Crippen LogP contribution in [0, 0.1) is 0 Å². The number of hydrogen-bond donors (Lipinski definition) is 3. The average Bonchev–Trinajstić information content (AvgIpc) is 2.39. The maximum atomic E-state index is 11.9. The number of carbonyl (C=O) groups is 2. The summed E-state index contributed by atoms with van der Waals surface area (Å²) in [6.45, 7) is 0. The highest BCUT2D eigenvalue weighted by molar-refractivity contribution is 6.06. The summed E-state index contributed by atoms with van der Waals surface area (Å²) in [4.78, 5) is 30.3. The van der Waals surface area contributed by atoms with Gasteiger partial charge in [0, 0.05) is 12.4 Å². The van der Waals surface area contributed by atoms with E-state index in [2.05, 4.69) is 15.3 Å². The lowest BCUT2D eigenvalue weighted by atomic mass is 10.2. The minimum Gasteiger partial charge on any atom is -0.478 e. The van der Waals surface area contributed by atoms with Crippen LogP contribution in [0.15, 0.2) is 36.8 Å². The monoisotopic (exact) mass is 258 g/mol. The molecular weight excluding hydrogens is 248 g/mol. The second-order valence-electron chi connectivity index (χ2n) is 3.66. The Morgan fingerprint density at radius 2 is 2.11 bits per heavy atom. The zero-order valence-electron chi connectivity index (χ0n) is 9.70. The van der Waals surface area contributed by atoms with Crippen molar-refractivity contribution in [3.05, 3.63) is 48.0 Å². The minimum absolute atomic E-state index is 0.0215. The number of aromatic carboxylic acids is 1. The van der Waals surface area contributed by atoms with Gasteiger partial charge >= 0.3 is 5.97 Å². The van der Waals surface area contributed by atoms with E-state index in [9.17, 15) is 9.59 Å². The van der Waals surface area contributed by atoms with Gasteiger partial charge in [-0.25, -0.2) is 9.78 Å². The second-order valence-corrected chi connectivity index (χ2v) is 3.66. The molecule has 0 unspecified atom stereocenters. The summed E-state index contributed by atoms with van der Waals surface area (Å²) in [6.07, 6.45) is 3.97. The van der Waals surface area contributed by atoms with Crippen molar-refractivity contribution in [2.75, 3.05) is 11.1 Å². The molecule has 0 spiro atoms. The van der Waals surface area contributed by atoms with Gasteiger partial charge in [0.2, 0.25) is 0 Å². The molecule has 0 aliphatic carbocycles. The quantitative estimate of drug-likeness (QED) is 0.756. The third-order valence-electron chi connectivity index (χ3n) is 2.30. The molecule has 0 aromatic carbocycles. The molecule has 7 heteroatoms. The topological polar surface area (TPSA) is 118 Å². The van der Waals surface area contributed by atoms with E-state index in [1.807, 2.05) is 0 Å². The molecule has 0 aliphatic heterocycles. The number of amides is 1. The van der Waals surface area contributed by atoms with Crippen molar-refractivity contribution < 1.29 is 14.7 Å². The number of hydrogen-bond acceptors (Lipinski definition) is 5. The highest BCUT2D eigenvalue weighted by atomic mass is 16.4. The molecule has 1 amide bonds. The first-order chi connectivity index (χ1) is 9.08. The molecule has 4 N–H and O–H groups in total. The summed E-state index contributed by atoms with van der Waals surface area (Å²) >= 11 is 0. The van der Waals surface area contributed by atoms with Gasteiger partial charge in [-0.1, -0.05) is 0 Å². The minimum atomic E-state index is -1.12. The highest BCUT2D eigenvalue weighted by Crippen LogP contribution is 2.12. The fourth-order valence-electron chi connectivity index (χ4n) is 1.42. The van der Waals surface area contributed by atoms with E-state index in [4.69, 9.17) is 10.8 Å². The van der Waals surface area contributed by atoms with Gasteiger partial charge in [-0.2, -0.15) is 0 Å². The second kappa shape index (κ2) is 5.13. The molecule has 0 bridgehead atoms. The van der Waals surface area contributed by atoms with Crippen molar-refractivity contribution in [3.63, 3.8) is 0 Å². The number of nitrogens with one attached hydrogen (secondary N) is 1. The Bertz CT molecular complexity index is 642. The van der Waals surface area contributed by atoms with E-state index in [1.165, 1.54) is 24.7 Å². The first-order valence-electron chi connectivity index (χ1n) is 5.28. The van der Waals surface area contributed by atoms with Gasteiger partial charge in [-0.15, -0.1) is 0 Å². The van der Waals surface area contributed by atoms with Crippen LogP contribution >= 0.6 is 0 Å². The Hall–Kier alpha value is -2.96. The molecular formula is C12H10N4O3. The first-order valence-corrected chi connectivity index (χ1v) is 5.28. The van der Waals surface area contributed by atoms with E-state index < -0.39 is 11.9 Å². The molecule has 2 aromatic rings. The Morgan fingerprint density at radius 1 is 1.32 bits per heavy atom. The predicted molar refractivity (Wildman–Crippen MR) is 67.8 cm³/mol. The molecule has 7 nitrogen and oxygen atoms in total. The molecule has 0 saturated heterocycles. The van der Waals surface area contributed by atoms with Gasteiger partial charge in [-0.3, -0.25) is 9.78 Å². The van der Waals surface area contributed by atoms with Crippen molar-refractivity contribution in [3.8, 4) is 0 Å². The zero-order chi connectivity index (χ0) is 13.8. The third-order valence-corrected chi connectivity index (χ3v) is 2.30. The summed E-state index contributed by atoms with van der Waals surface area (Å²) in [6, 6.07) is 4.46. The summed E-state index contributed by atoms with van der Waals surface area (Å²) < 4.78 is 0. The number of nitrogens with two attached hydrogens (primary N) is 1. The van der Waals surface area contributed by atoms with Crippen molar-refractivity contribution in [2.45, 2.75) is 0 Å². The summed E-state index contributed by atoms with van der Waals surface area (Å²) in [7, 11) is 0. The highest BCUT2D eigenvalue weighted by Gasteiger charge is 2.12. The maximum Gasteiger partial charge on any atom is 0.337 e. The Labute approximate surface area is 108 Å². The van der Waals surface area contributed by atoms with Crippen LogP contribution in [-0.4, -0.2) is 27.0 Å². The number of carbonyl (C=O) groups excluding carboxylic acids is 1. The van der Waals surface area contributed by atoms with Crippen molar-refractivity contribution >= 4 is 23.3 Å². The fraction of sp³-hybridized carbons (Fsp3) is 0. The predicted octanol–water partition coefficient (Wildman–Crippen LogP) is 1.01. The van der Waals surface area contributed by atoms with E-state index in [0.717, 1.165) is 0 Å². The van der Waals surface area contributed by atoms with Crippen LogP contribution in [0.4, 0.5) is 11.4 Å². The molecule has 0 atom stereocenters. The molecule has 96 valence electrons. The maximum absolute atomic E-state index is 11.9. The molecule has 19 heavy (non-hydrogen) atoms. The van der Waals surface area contributed by atoms with Crippen LogP contribution in [-0.2, 0) is 0 Å². The largest absolute Gasteiger partial charge is 0.478 e. The van der Waals surface area contributed by atoms with Crippen molar-refractivity contribution in [1.82, 2.24) is 9.97 Å². The van der Waals surface area contributed by atoms with Gasteiger partial charge < -0.3 is 16.2 Å². The smallest absolute Gasteiger partial charge is 0.337 e. The van der Waals surface area contributed by atoms with Crippen LogP contribution in [0.5, 0.6) is 0 Å². The fourth-order valence-corrected chi connectivity index (χ4v) is 1.42. The Balaban J connectivity index is 2.22. The molecule has 0 saturated carbocycles. The molecule has 0 aliphatic rings. The average molecular weight is 258 g/mol. The van der Waals surface area contributed by atoms with Crippen LogP contribution in [0.1, 0.15) is 20.8 Å². The van der Waals surface area contributed by atoms with Gasteiger partial charge in [0.05, 0.1) is 23.1 Å². The van der Waals surface area contributed by atoms with E-state index in [-0.39, 0.29) is 22.6 Å². The van der Waals surface area contributed by atoms with Gasteiger partial charge in [0.1, 0.15) is 0 Å². The Morgan fingerprint density at radius 3 is 2.79 bits per heavy atom. The van der Waals surface area contributed by atoms with Gasteiger partial charge in [-0.05, 0) is 18.2 Å². The van der Waals surface area contributed by atoms with Gasteiger partial charge in [0.25, 0.3) is 5.91 Å². The number of anilines is 2. The van der Waals surface area contributed by atoms with Crippen LogP contribution in [0.2, 0.25) is 0 Å². The number of rotatable bonds is 3. The normalized spacial score (nSPS) is 9.89. The zero-order valence-corrected chi connectivity index (χ0v) is 9.70. The number of carboxylic acid groups (broad SMARTS) is 1. The number of aromatic nitrogens is 2. The molecule has 2 rings (SSSR count). The molecule has 2 heterocycles. The lowest BCUT2D eigenvalue weighted by Crippen LogP contribution is -2.16.